The lowest BCUT2D eigenvalue weighted by Crippen LogP contribution is -2.17. The fourth-order valence-electron chi connectivity index (χ4n) is 4.11. The Hall–Kier alpha value is -3.33. The molecule has 30 heavy (non-hydrogen) atoms. The number of fused-ring (bicyclic) bond motifs is 2. The summed E-state index contributed by atoms with van der Waals surface area (Å²) in [7, 11) is 1.81. The topological polar surface area (TPSA) is 85.1 Å². The number of anilines is 2. The quantitative estimate of drug-likeness (QED) is 0.547. The van der Waals surface area contributed by atoms with Gasteiger partial charge in [-0.05, 0) is 29.7 Å². The number of hydrogen-bond acceptors (Lipinski definition) is 5. The molecule has 8 nitrogen and oxygen atoms in total. The maximum absolute atomic E-state index is 12.9. The smallest absolute Gasteiger partial charge is 0.295 e. The van der Waals surface area contributed by atoms with E-state index >= 15 is 0 Å². The van der Waals surface area contributed by atoms with Crippen LogP contribution in [0.2, 0.25) is 0 Å². The van der Waals surface area contributed by atoms with Crippen molar-refractivity contribution in [2.45, 2.75) is 11.6 Å². The Kier molecular flexibility index (Phi) is 4.11. The van der Waals surface area contributed by atoms with Crippen molar-refractivity contribution in [3.63, 3.8) is 0 Å². The standard InChI is InChI=1S/C21H22N6O2S/c1-25-10-7-14-4-5-15(12-18(14)25)16-13-27(3)20-19(16)17(6-8-22-20)24-30(28,29)21-23-9-11-26(21)2/h4-6,8-9,11-13H,7,10H2,1-3H3,(H,22,24). The molecule has 0 unspecified atom stereocenters. The number of hydrogen-bond donors (Lipinski definition) is 1. The van der Waals surface area contributed by atoms with Crippen LogP contribution in [0.4, 0.5) is 11.4 Å². The van der Waals surface area contributed by atoms with Crippen LogP contribution in [0, 0.1) is 0 Å². The van der Waals surface area contributed by atoms with E-state index in [9.17, 15) is 8.42 Å². The molecule has 1 aliphatic rings. The average molecular weight is 423 g/mol. The molecule has 0 saturated heterocycles. The minimum absolute atomic E-state index is 0.0379. The first kappa shape index (κ1) is 18.7. The van der Waals surface area contributed by atoms with Gasteiger partial charge in [0, 0.05) is 63.7 Å². The first-order valence-electron chi connectivity index (χ1n) is 9.64. The van der Waals surface area contributed by atoms with Crippen molar-refractivity contribution >= 4 is 32.4 Å². The van der Waals surface area contributed by atoms with Gasteiger partial charge in [0.2, 0.25) is 5.16 Å². The SMILES string of the molecule is CN1CCc2ccc(-c3cn(C)c4nccc(NS(=O)(=O)c5nccn5C)c34)cc21. The molecule has 0 spiro atoms. The lowest BCUT2D eigenvalue weighted by Gasteiger charge is -2.14. The second-order valence-corrected chi connectivity index (χ2v) is 9.23. The van der Waals surface area contributed by atoms with E-state index in [1.54, 1.807) is 25.5 Å². The Morgan fingerprint density at radius 3 is 2.63 bits per heavy atom. The van der Waals surface area contributed by atoms with Crippen molar-refractivity contribution in [1.82, 2.24) is 19.1 Å². The lowest BCUT2D eigenvalue weighted by atomic mass is 10.0. The molecule has 0 saturated carbocycles. The summed E-state index contributed by atoms with van der Waals surface area (Å²) in [5.41, 5.74) is 5.69. The zero-order chi connectivity index (χ0) is 21.0. The highest BCUT2D eigenvalue weighted by Crippen LogP contribution is 2.38. The number of nitrogens with one attached hydrogen (secondary N) is 1. The maximum Gasteiger partial charge on any atom is 0.295 e. The zero-order valence-corrected chi connectivity index (χ0v) is 17.8. The van der Waals surface area contributed by atoms with Gasteiger partial charge >= 0.3 is 0 Å². The summed E-state index contributed by atoms with van der Waals surface area (Å²) in [6.07, 6.45) is 7.71. The molecule has 0 atom stereocenters. The summed E-state index contributed by atoms with van der Waals surface area (Å²) in [6, 6.07) is 8.10. The third-order valence-corrected chi connectivity index (χ3v) is 7.01. The largest absolute Gasteiger partial charge is 0.374 e. The van der Waals surface area contributed by atoms with Crippen molar-refractivity contribution < 1.29 is 8.42 Å². The van der Waals surface area contributed by atoms with Gasteiger partial charge in [0.25, 0.3) is 10.0 Å². The van der Waals surface area contributed by atoms with Gasteiger partial charge in [-0.15, -0.1) is 0 Å². The van der Waals surface area contributed by atoms with Gasteiger partial charge in [-0.1, -0.05) is 12.1 Å². The van der Waals surface area contributed by atoms with E-state index in [1.165, 1.54) is 22.0 Å². The molecule has 0 bridgehead atoms. The van der Waals surface area contributed by atoms with Gasteiger partial charge < -0.3 is 14.0 Å². The second kappa shape index (κ2) is 6.60. The van der Waals surface area contributed by atoms with Crippen LogP contribution in [-0.4, -0.2) is 41.1 Å². The van der Waals surface area contributed by atoms with Gasteiger partial charge in [0.1, 0.15) is 5.65 Å². The Morgan fingerprint density at radius 1 is 1.03 bits per heavy atom. The molecule has 9 heteroatoms. The third-order valence-electron chi connectivity index (χ3n) is 5.64. The highest BCUT2D eigenvalue weighted by Gasteiger charge is 2.23. The van der Waals surface area contributed by atoms with E-state index < -0.39 is 10.0 Å². The van der Waals surface area contributed by atoms with Crippen molar-refractivity contribution in [2.75, 3.05) is 23.2 Å². The number of pyridine rings is 1. The minimum Gasteiger partial charge on any atom is -0.374 e. The normalized spacial score (nSPS) is 13.8. The van der Waals surface area contributed by atoms with Crippen LogP contribution in [0.1, 0.15) is 5.56 Å². The first-order chi connectivity index (χ1) is 14.3. The summed E-state index contributed by atoms with van der Waals surface area (Å²) >= 11 is 0. The van der Waals surface area contributed by atoms with Crippen LogP contribution in [0.15, 0.2) is 54.2 Å². The molecule has 3 aromatic heterocycles. The molecule has 1 aliphatic heterocycles. The van der Waals surface area contributed by atoms with E-state index in [0.717, 1.165) is 29.5 Å². The van der Waals surface area contributed by atoms with E-state index in [4.69, 9.17) is 0 Å². The number of rotatable bonds is 4. The number of benzene rings is 1. The van der Waals surface area contributed by atoms with Crippen LogP contribution in [0.3, 0.4) is 0 Å². The molecule has 0 fully saturated rings. The highest BCUT2D eigenvalue weighted by atomic mass is 32.2. The van der Waals surface area contributed by atoms with E-state index in [0.29, 0.717) is 11.3 Å². The molecule has 4 aromatic rings. The lowest BCUT2D eigenvalue weighted by molar-refractivity contribution is 0.584. The number of nitrogens with zero attached hydrogens (tertiary/aromatic N) is 5. The number of sulfonamides is 1. The Morgan fingerprint density at radius 2 is 1.87 bits per heavy atom. The molecule has 4 heterocycles. The van der Waals surface area contributed by atoms with Crippen LogP contribution in [0.25, 0.3) is 22.2 Å². The van der Waals surface area contributed by atoms with E-state index in [-0.39, 0.29) is 5.16 Å². The fraction of sp³-hybridized carbons (Fsp3) is 0.238. The molecule has 1 aromatic carbocycles. The highest BCUT2D eigenvalue weighted by molar-refractivity contribution is 7.92. The van der Waals surface area contributed by atoms with Gasteiger partial charge in [-0.2, -0.15) is 8.42 Å². The number of imidazole rings is 1. The monoisotopic (exact) mass is 422 g/mol. The molecule has 1 N–H and O–H groups in total. The summed E-state index contributed by atoms with van der Waals surface area (Å²) < 4.78 is 32.0. The van der Waals surface area contributed by atoms with Crippen molar-refractivity contribution in [1.29, 1.82) is 0 Å². The van der Waals surface area contributed by atoms with E-state index in [2.05, 4.69) is 44.8 Å². The Bertz CT molecular complexity index is 1390. The predicted octanol–water partition coefficient (Wildman–Crippen LogP) is 2.77. The molecular formula is C21H22N6O2S. The summed E-state index contributed by atoms with van der Waals surface area (Å²) in [5.74, 6) is 0. The molecule has 0 aliphatic carbocycles. The average Bonchev–Trinajstić information content (AvgIpc) is 3.40. The van der Waals surface area contributed by atoms with Gasteiger partial charge in [0.15, 0.2) is 0 Å². The van der Waals surface area contributed by atoms with Crippen molar-refractivity contribution in [3.8, 4) is 11.1 Å². The van der Waals surface area contributed by atoms with Crippen LogP contribution in [-0.2, 0) is 30.5 Å². The summed E-state index contributed by atoms with van der Waals surface area (Å²) in [5, 5.41) is 0.725. The van der Waals surface area contributed by atoms with Crippen LogP contribution in [0.5, 0.6) is 0 Å². The molecular weight excluding hydrogens is 400 g/mol. The number of likely N-dealkylation sites (N-methyl/N-ethyl adjacent to an activating group) is 1. The summed E-state index contributed by atoms with van der Waals surface area (Å²) in [4.78, 5) is 10.7. The first-order valence-corrected chi connectivity index (χ1v) is 11.1. The predicted molar refractivity (Wildman–Crippen MR) is 117 cm³/mol. The van der Waals surface area contributed by atoms with Gasteiger partial charge in [-0.25, -0.2) is 9.97 Å². The molecule has 0 amide bonds. The molecule has 154 valence electrons. The summed E-state index contributed by atoms with van der Waals surface area (Å²) in [6.45, 7) is 1.00. The minimum atomic E-state index is -3.84. The van der Waals surface area contributed by atoms with Crippen molar-refractivity contribution in [2.24, 2.45) is 14.1 Å². The number of aromatic nitrogens is 4. The third kappa shape index (κ3) is 2.85. The van der Waals surface area contributed by atoms with Crippen LogP contribution < -0.4 is 9.62 Å². The van der Waals surface area contributed by atoms with E-state index in [1.807, 2.05) is 17.8 Å². The molecule has 0 radical (unpaired) electrons. The van der Waals surface area contributed by atoms with Gasteiger partial charge in [-0.3, -0.25) is 4.72 Å². The Labute approximate surface area is 174 Å². The second-order valence-electron chi connectivity index (χ2n) is 7.65. The van der Waals surface area contributed by atoms with Crippen molar-refractivity contribution in [3.05, 3.63) is 54.6 Å². The van der Waals surface area contributed by atoms with Gasteiger partial charge in [0.05, 0.1) is 11.1 Å². The zero-order valence-electron chi connectivity index (χ0n) is 17.0. The fourth-order valence-corrected chi connectivity index (χ4v) is 5.31. The number of aryl methyl sites for hydroxylation is 2. The maximum atomic E-state index is 12.9. The molecule has 5 rings (SSSR count). The van der Waals surface area contributed by atoms with Crippen LogP contribution >= 0.6 is 0 Å². The Balaban J connectivity index is 1.67.